The fourth-order valence-electron chi connectivity index (χ4n) is 2.71. The number of tetrazole rings is 1. The van der Waals surface area contributed by atoms with E-state index in [0.29, 0.717) is 32.7 Å². The van der Waals surface area contributed by atoms with Crippen molar-refractivity contribution in [2.24, 2.45) is 0 Å². The van der Waals surface area contributed by atoms with Crippen LogP contribution >= 0.6 is 23.5 Å². The first-order valence-corrected chi connectivity index (χ1v) is 11.6. The SMILES string of the molecule is CCCCOC(=O)CSc1c(O)c(C)c(C)c(O)c1Sc1nnnn1-c1ccccc1. The Balaban J connectivity index is 1.92. The quantitative estimate of drug-likeness (QED) is 0.209. The third-order valence-corrected chi connectivity index (χ3v) is 6.87. The van der Waals surface area contributed by atoms with Crippen LogP contribution < -0.4 is 0 Å². The molecular formula is C21H24N4O4S2. The molecule has 0 aliphatic heterocycles. The zero-order valence-electron chi connectivity index (χ0n) is 17.5. The number of phenolic OH excluding ortho intramolecular Hbond substituents is 2. The monoisotopic (exact) mass is 460 g/mol. The standard InChI is InChI=1S/C21H24N4O4S2/c1-4-5-11-29-16(26)12-30-19-17(27)13(2)14(3)18(28)20(19)31-21-22-23-24-25(21)15-9-7-6-8-10-15/h6-10,27-28H,4-5,11-12H2,1-3H3. The lowest BCUT2D eigenvalue weighted by Crippen LogP contribution is -2.08. The molecule has 2 aromatic carbocycles. The van der Waals surface area contributed by atoms with Gasteiger partial charge in [0.1, 0.15) is 11.5 Å². The number of carbonyl (C=O) groups is 1. The second kappa shape index (κ2) is 10.5. The summed E-state index contributed by atoms with van der Waals surface area (Å²) in [6, 6.07) is 9.36. The maximum Gasteiger partial charge on any atom is 0.316 e. The summed E-state index contributed by atoms with van der Waals surface area (Å²) in [6.07, 6.45) is 1.73. The van der Waals surface area contributed by atoms with E-state index in [9.17, 15) is 15.0 Å². The maximum absolute atomic E-state index is 12.1. The highest BCUT2D eigenvalue weighted by atomic mass is 32.2. The number of aromatic hydroxyl groups is 2. The minimum atomic E-state index is -0.374. The molecule has 31 heavy (non-hydrogen) atoms. The third-order valence-electron chi connectivity index (χ3n) is 4.64. The van der Waals surface area contributed by atoms with E-state index in [4.69, 9.17) is 4.74 Å². The Kier molecular flexibility index (Phi) is 7.80. The van der Waals surface area contributed by atoms with Gasteiger partial charge in [-0.2, -0.15) is 4.68 Å². The van der Waals surface area contributed by atoms with Crippen molar-refractivity contribution in [1.29, 1.82) is 0 Å². The van der Waals surface area contributed by atoms with Crippen molar-refractivity contribution in [2.75, 3.05) is 12.4 Å². The molecule has 1 heterocycles. The molecule has 0 fully saturated rings. The van der Waals surface area contributed by atoms with Crippen LogP contribution in [0.3, 0.4) is 0 Å². The molecule has 0 radical (unpaired) electrons. The van der Waals surface area contributed by atoms with Crippen LogP contribution in [0.5, 0.6) is 11.5 Å². The number of nitrogens with zero attached hydrogens (tertiary/aromatic N) is 4. The Hall–Kier alpha value is -2.72. The van der Waals surface area contributed by atoms with Gasteiger partial charge in [-0.05, 0) is 65.7 Å². The molecule has 3 aromatic rings. The second-order valence-electron chi connectivity index (χ2n) is 6.78. The Labute approximate surface area is 189 Å². The topological polar surface area (TPSA) is 110 Å². The number of para-hydroxylation sites is 1. The summed E-state index contributed by atoms with van der Waals surface area (Å²) >= 11 is 2.24. The first kappa shape index (κ1) is 23.0. The lowest BCUT2D eigenvalue weighted by Gasteiger charge is -2.17. The molecule has 2 N–H and O–H groups in total. The molecule has 0 aliphatic rings. The fraction of sp³-hybridized carbons (Fsp3) is 0.333. The van der Waals surface area contributed by atoms with Gasteiger partial charge >= 0.3 is 5.97 Å². The predicted octanol–water partition coefficient (Wildman–Crippen LogP) is 4.28. The number of ether oxygens (including phenoxy) is 1. The number of esters is 1. The van der Waals surface area contributed by atoms with Gasteiger partial charge in [0.2, 0.25) is 5.16 Å². The first-order valence-electron chi connectivity index (χ1n) is 9.79. The van der Waals surface area contributed by atoms with Gasteiger partial charge in [0.25, 0.3) is 0 Å². The van der Waals surface area contributed by atoms with E-state index in [1.54, 1.807) is 18.5 Å². The number of benzene rings is 2. The number of aromatic nitrogens is 4. The van der Waals surface area contributed by atoms with E-state index in [1.165, 1.54) is 0 Å². The molecule has 0 spiro atoms. The molecule has 164 valence electrons. The van der Waals surface area contributed by atoms with E-state index in [-0.39, 0.29) is 23.2 Å². The molecule has 8 nitrogen and oxygen atoms in total. The Morgan fingerprint density at radius 1 is 1.10 bits per heavy atom. The van der Waals surface area contributed by atoms with E-state index in [0.717, 1.165) is 42.1 Å². The normalized spacial score (nSPS) is 10.9. The molecular weight excluding hydrogens is 436 g/mol. The van der Waals surface area contributed by atoms with Crippen molar-refractivity contribution in [2.45, 2.75) is 48.6 Å². The van der Waals surface area contributed by atoms with Crippen molar-refractivity contribution < 1.29 is 19.7 Å². The molecule has 0 bridgehead atoms. The average Bonchev–Trinajstić information content (AvgIpc) is 3.25. The van der Waals surface area contributed by atoms with Crippen LogP contribution in [0.4, 0.5) is 0 Å². The van der Waals surface area contributed by atoms with Gasteiger partial charge in [-0.15, -0.1) is 16.9 Å². The number of thioether (sulfide) groups is 1. The van der Waals surface area contributed by atoms with Crippen molar-refractivity contribution >= 4 is 29.5 Å². The fourth-order valence-corrected chi connectivity index (χ4v) is 4.80. The van der Waals surface area contributed by atoms with Crippen LogP contribution in [0.1, 0.15) is 30.9 Å². The number of hydrogen-bond acceptors (Lipinski definition) is 9. The summed E-state index contributed by atoms with van der Waals surface area (Å²) in [5.74, 6) is -0.329. The third kappa shape index (κ3) is 5.31. The van der Waals surface area contributed by atoms with E-state index < -0.39 is 0 Å². The van der Waals surface area contributed by atoms with Crippen molar-refractivity contribution in [3.05, 3.63) is 41.5 Å². The first-order chi connectivity index (χ1) is 14.9. The zero-order valence-corrected chi connectivity index (χ0v) is 19.2. The number of unbranched alkanes of at least 4 members (excludes halogenated alkanes) is 1. The van der Waals surface area contributed by atoms with Gasteiger partial charge in [0.15, 0.2) is 0 Å². The molecule has 0 unspecified atom stereocenters. The zero-order chi connectivity index (χ0) is 22.4. The van der Waals surface area contributed by atoms with Gasteiger partial charge < -0.3 is 14.9 Å². The van der Waals surface area contributed by atoms with E-state index >= 15 is 0 Å². The Bertz CT molecular complexity index is 1060. The molecule has 1 aromatic heterocycles. The van der Waals surface area contributed by atoms with Gasteiger partial charge in [-0.25, -0.2) is 0 Å². The van der Waals surface area contributed by atoms with Crippen LogP contribution in [0.25, 0.3) is 5.69 Å². The van der Waals surface area contributed by atoms with Crippen LogP contribution in [0, 0.1) is 13.8 Å². The molecule has 0 amide bonds. The van der Waals surface area contributed by atoms with Crippen LogP contribution in [-0.2, 0) is 9.53 Å². The van der Waals surface area contributed by atoms with Crippen molar-refractivity contribution in [3.63, 3.8) is 0 Å². The summed E-state index contributed by atoms with van der Waals surface area (Å²) in [5, 5.41) is 33.9. The lowest BCUT2D eigenvalue weighted by molar-refractivity contribution is -0.140. The van der Waals surface area contributed by atoms with Crippen molar-refractivity contribution in [1.82, 2.24) is 20.2 Å². The summed E-state index contributed by atoms with van der Waals surface area (Å²) < 4.78 is 6.75. The Morgan fingerprint density at radius 2 is 1.77 bits per heavy atom. The van der Waals surface area contributed by atoms with E-state index in [1.807, 2.05) is 37.3 Å². The molecule has 3 rings (SSSR count). The summed E-state index contributed by atoms with van der Waals surface area (Å²) in [4.78, 5) is 12.9. The van der Waals surface area contributed by atoms with Gasteiger partial charge in [-0.1, -0.05) is 31.5 Å². The largest absolute Gasteiger partial charge is 0.506 e. The number of phenols is 2. The van der Waals surface area contributed by atoms with Gasteiger partial charge in [-0.3, -0.25) is 4.79 Å². The van der Waals surface area contributed by atoms with Gasteiger partial charge in [0, 0.05) is 0 Å². The minimum Gasteiger partial charge on any atom is -0.506 e. The summed E-state index contributed by atoms with van der Waals surface area (Å²) in [7, 11) is 0. The highest BCUT2D eigenvalue weighted by molar-refractivity contribution is 8.02. The van der Waals surface area contributed by atoms with Gasteiger partial charge in [0.05, 0.1) is 27.8 Å². The lowest BCUT2D eigenvalue weighted by atomic mass is 10.1. The Morgan fingerprint density at radius 3 is 2.45 bits per heavy atom. The summed E-state index contributed by atoms with van der Waals surface area (Å²) in [5.41, 5.74) is 1.86. The van der Waals surface area contributed by atoms with E-state index in [2.05, 4.69) is 15.5 Å². The number of hydrogen-bond donors (Lipinski definition) is 2. The van der Waals surface area contributed by atoms with Crippen LogP contribution in [0.15, 0.2) is 45.3 Å². The molecule has 0 aliphatic carbocycles. The number of carbonyl (C=O) groups excluding carboxylic acids is 1. The number of rotatable bonds is 9. The molecule has 10 heteroatoms. The molecule has 0 atom stereocenters. The maximum atomic E-state index is 12.1. The highest BCUT2D eigenvalue weighted by Gasteiger charge is 2.24. The predicted molar refractivity (Wildman–Crippen MR) is 119 cm³/mol. The molecule has 0 saturated carbocycles. The highest BCUT2D eigenvalue weighted by Crippen LogP contribution is 2.49. The van der Waals surface area contributed by atoms with Crippen molar-refractivity contribution in [3.8, 4) is 17.2 Å². The average molecular weight is 461 g/mol. The van der Waals surface area contributed by atoms with Crippen LogP contribution in [-0.4, -0.2) is 48.7 Å². The summed E-state index contributed by atoms with van der Waals surface area (Å²) in [6.45, 7) is 5.83. The molecule has 0 saturated heterocycles. The second-order valence-corrected chi connectivity index (χ2v) is 8.74. The minimum absolute atomic E-state index is 0.0103. The smallest absolute Gasteiger partial charge is 0.316 e. The van der Waals surface area contributed by atoms with Crippen LogP contribution in [0.2, 0.25) is 0 Å².